The monoisotopic (exact) mass is 731 g/mol. The number of pyridine rings is 1. The van der Waals surface area contributed by atoms with E-state index in [0.29, 0.717) is 29.9 Å². The van der Waals surface area contributed by atoms with E-state index in [0.717, 1.165) is 23.2 Å². The summed E-state index contributed by atoms with van der Waals surface area (Å²) in [6.07, 6.45) is 17.4. The summed E-state index contributed by atoms with van der Waals surface area (Å²) in [5.74, 6) is 2.18. The number of carbonyl (C=O) groups is 1. The van der Waals surface area contributed by atoms with Gasteiger partial charge in [0.15, 0.2) is 5.78 Å². The molecule has 2 aliphatic carbocycles. The maximum absolute atomic E-state index is 11.9. The molecule has 1 aromatic heterocycles. The summed E-state index contributed by atoms with van der Waals surface area (Å²) in [7, 11) is 0. The Morgan fingerprint density at radius 1 is 0.927 bits per heavy atom. The molecule has 0 saturated heterocycles. The van der Waals surface area contributed by atoms with Crippen LogP contribution in [0.4, 0.5) is 0 Å². The van der Waals surface area contributed by atoms with Crippen LogP contribution in [0.2, 0.25) is 0 Å². The van der Waals surface area contributed by atoms with Gasteiger partial charge >= 0.3 is 0 Å². The van der Waals surface area contributed by atoms with E-state index < -0.39 is 0 Å². The van der Waals surface area contributed by atoms with Crippen molar-refractivity contribution in [3.63, 3.8) is 0 Å². The van der Waals surface area contributed by atoms with Gasteiger partial charge in [-0.3, -0.25) is 4.79 Å². The van der Waals surface area contributed by atoms with Crippen LogP contribution in [0.5, 0.6) is 0 Å². The molecule has 4 heteroatoms. The van der Waals surface area contributed by atoms with Gasteiger partial charge in [-0.05, 0) is 45.8 Å². The Kier molecular flexibility index (Phi) is 13.3. The molecule has 0 bridgehead atoms. The third-order valence-electron chi connectivity index (χ3n) is 8.62. The van der Waals surface area contributed by atoms with Gasteiger partial charge in [0.1, 0.15) is 0 Å². The Morgan fingerprint density at radius 3 is 2.17 bits per heavy atom. The van der Waals surface area contributed by atoms with E-state index in [9.17, 15) is 9.90 Å². The largest absolute Gasteiger partial charge is 0.512 e. The van der Waals surface area contributed by atoms with E-state index >= 15 is 0 Å². The van der Waals surface area contributed by atoms with Gasteiger partial charge in [-0.25, -0.2) is 0 Å². The second kappa shape index (κ2) is 16.4. The average Bonchev–Trinajstić information content (AvgIpc) is 2.93. The summed E-state index contributed by atoms with van der Waals surface area (Å²) in [5.41, 5.74) is 5.87. The number of aliphatic hydroxyl groups is 1. The molecule has 2 aliphatic rings. The van der Waals surface area contributed by atoms with Gasteiger partial charge in [0.05, 0.1) is 5.76 Å². The van der Waals surface area contributed by atoms with E-state index in [-0.39, 0.29) is 25.9 Å². The molecule has 0 spiro atoms. The molecule has 0 amide bonds. The number of carbonyl (C=O) groups excluding carboxylic acids is 1. The first kappa shape index (κ1) is 33.2. The number of hydrogen-bond acceptors (Lipinski definition) is 3. The molecule has 223 valence electrons. The Balaban J connectivity index is 0.000000221. The minimum absolute atomic E-state index is 0. The quantitative estimate of drug-likeness (QED) is 0.150. The van der Waals surface area contributed by atoms with Gasteiger partial charge in [0.25, 0.3) is 0 Å². The molecule has 2 saturated carbocycles. The van der Waals surface area contributed by atoms with Crippen LogP contribution in [-0.2, 0) is 24.9 Å². The van der Waals surface area contributed by atoms with Crippen molar-refractivity contribution in [3.8, 4) is 11.3 Å². The fraction of sp³-hybridized carbons (Fsp3) is 0.514. The molecular weight excluding hydrogens is 683 g/mol. The molecule has 0 atom stereocenters. The number of nitrogens with zero attached hydrogens (tertiary/aromatic N) is 1. The summed E-state index contributed by atoms with van der Waals surface area (Å²) >= 11 is 0. The molecule has 2 aromatic carbocycles. The smallest absolute Gasteiger partial charge is 0.159 e. The van der Waals surface area contributed by atoms with E-state index in [1.807, 2.05) is 6.20 Å². The second-order valence-corrected chi connectivity index (χ2v) is 12.6. The SMILES string of the molecule is Cc1[c-]c(-c2nccc3cc(C(C)C)ccc23)cc(C)c1.O=C(/C=C(\O)CC1CCCCC1)CC1CCCCC1.[Ir]. The van der Waals surface area contributed by atoms with Crippen LogP contribution in [-0.4, -0.2) is 15.9 Å². The average molecular weight is 731 g/mol. The van der Waals surface area contributed by atoms with Crippen LogP contribution >= 0.6 is 0 Å². The number of benzene rings is 2. The fourth-order valence-corrected chi connectivity index (χ4v) is 6.46. The zero-order valence-electron chi connectivity index (χ0n) is 25.5. The van der Waals surface area contributed by atoms with Gasteiger partial charge in [-0.1, -0.05) is 110 Å². The van der Waals surface area contributed by atoms with Crippen LogP contribution in [0.1, 0.15) is 114 Å². The number of aromatic nitrogens is 1. The Bertz CT molecular complexity index is 1280. The minimum Gasteiger partial charge on any atom is -0.512 e. The number of hydrogen-bond donors (Lipinski definition) is 1. The topological polar surface area (TPSA) is 50.2 Å². The molecule has 41 heavy (non-hydrogen) atoms. The summed E-state index contributed by atoms with van der Waals surface area (Å²) in [5, 5.41) is 12.4. The summed E-state index contributed by atoms with van der Waals surface area (Å²) in [6, 6.07) is 16.5. The van der Waals surface area contributed by atoms with Crippen molar-refractivity contribution < 1.29 is 30.0 Å². The maximum Gasteiger partial charge on any atom is 0.159 e. The van der Waals surface area contributed by atoms with E-state index in [1.54, 1.807) is 0 Å². The van der Waals surface area contributed by atoms with E-state index in [2.05, 4.69) is 75.1 Å². The molecule has 0 aliphatic heterocycles. The molecule has 1 heterocycles. The molecule has 3 nitrogen and oxygen atoms in total. The van der Waals surface area contributed by atoms with Crippen molar-refractivity contribution in [2.75, 3.05) is 0 Å². The van der Waals surface area contributed by atoms with Gasteiger partial charge in [-0.2, -0.15) is 0 Å². The predicted octanol–water partition coefficient (Wildman–Crippen LogP) is 10.4. The zero-order chi connectivity index (χ0) is 28.5. The third kappa shape index (κ3) is 10.2. The van der Waals surface area contributed by atoms with Crippen LogP contribution in [0.25, 0.3) is 22.0 Å². The van der Waals surface area contributed by atoms with Crippen LogP contribution in [0.15, 0.2) is 54.4 Å². The van der Waals surface area contributed by atoms with E-state index in [4.69, 9.17) is 0 Å². The first-order chi connectivity index (χ1) is 19.3. The molecule has 3 aromatic rings. The van der Waals surface area contributed by atoms with Crippen molar-refractivity contribution in [3.05, 3.63) is 77.2 Å². The number of ketones is 1. The molecule has 1 radical (unpaired) electrons. The summed E-state index contributed by atoms with van der Waals surface area (Å²) in [4.78, 5) is 16.5. The van der Waals surface area contributed by atoms with Crippen molar-refractivity contribution in [2.24, 2.45) is 11.8 Å². The van der Waals surface area contributed by atoms with E-state index in [1.165, 1.54) is 92.2 Å². The van der Waals surface area contributed by atoms with Gasteiger partial charge in [-0.15, -0.1) is 34.9 Å². The van der Waals surface area contributed by atoms with Crippen molar-refractivity contribution in [1.82, 2.24) is 4.98 Å². The molecule has 0 unspecified atom stereocenters. The number of rotatable bonds is 7. The maximum atomic E-state index is 11.9. The Morgan fingerprint density at radius 2 is 1.56 bits per heavy atom. The van der Waals surface area contributed by atoms with Crippen molar-refractivity contribution in [2.45, 2.75) is 111 Å². The van der Waals surface area contributed by atoms with Gasteiger partial charge in [0.2, 0.25) is 0 Å². The van der Waals surface area contributed by atoms with Gasteiger partial charge in [0, 0.05) is 45.2 Å². The fourth-order valence-electron chi connectivity index (χ4n) is 6.46. The first-order valence-electron chi connectivity index (χ1n) is 15.6. The summed E-state index contributed by atoms with van der Waals surface area (Å²) < 4.78 is 0. The Hall–Kier alpha value is -2.29. The predicted molar refractivity (Wildman–Crippen MR) is 168 cm³/mol. The molecule has 5 rings (SSSR count). The number of allylic oxidation sites excluding steroid dienone is 2. The normalized spacial score (nSPS) is 16.7. The second-order valence-electron chi connectivity index (χ2n) is 12.6. The first-order valence-corrected chi connectivity index (χ1v) is 15.6. The molecule has 1 N–H and O–H groups in total. The number of aryl methyl sites for hydroxylation is 2. The van der Waals surface area contributed by atoms with Crippen LogP contribution in [0.3, 0.4) is 0 Å². The molecular formula is C37H48IrNO2-. The zero-order valence-corrected chi connectivity index (χ0v) is 27.9. The molecule has 2 fully saturated rings. The minimum atomic E-state index is 0. The standard InChI is InChI=1S/C20H20N.C17H28O2.Ir/c1-13(2)16-5-6-19-17(12-16)7-8-21-20(19)18-10-14(3)9-15(4)11-18;18-16(11-14-7-3-1-4-8-14)13-17(19)12-15-9-5-2-6-10-15;/h5-10,12-13H,1-4H3;13-15,18H,1-12H2;/q-1;;/b;16-13-;. The van der Waals surface area contributed by atoms with Gasteiger partial charge < -0.3 is 10.1 Å². The van der Waals surface area contributed by atoms with Crippen molar-refractivity contribution in [1.29, 1.82) is 0 Å². The third-order valence-corrected chi connectivity index (χ3v) is 8.62. The summed E-state index contributed by atoms with van der Waals surface area (Å²) in [6.45, 7) is 8.65. The number of aliphatic hydroxyl groups excluding tert-OH is 1. The van der Waals surface area contributed by atoms with Crippen molar-refractivity contribution >= 4 is 16.6 Å². The number of fused-ring (bicyclic) bond motifs is 1. The Labute approximate surface area is 261 Å². The van der Waals surface area contributed by atoms with Crippen LogP contribution in [0, 0.1) is 31.7 Å². The van der Waals surface area contributed by atoms with Crippen LogP contribution < -0.4 is 0 Å².